The van der Waals surface area contributed by atoms with Gasteiger partial charge in [-0.1, -0.05) is 35.9 Å². The number of likely N-dealkylation sites (N-methyl/N-ethyl adjacent to an activating group) is 1. The summed E-state index contributed by atoms with van der Waals surface area (Å²) in [4.78, 5) is 27.5. The number of anilines is 1. The third kappa shape index (κ3) is 6.09. The van der Waals surface area contributed by atoms with Crippen molar-refractivity contribution in [1.29, 1.82) is 0 Å². The number of nitrogens with one attached hydrogen (secondary N) is 2. The Bertz CT molecular complexity index is 1200. The third-order valence-electron chi connectivity index (χ3n) is 4.55. The normalized spacial score (nSPS) is 11.1. The number of carbonyl (C=O) groups excluding carboxylic acids is 2. The van der Waals surface area contributed by atoms with Gasteiger partial charge in [-0.05, 0) is 48.7 Å². The number of rotatable bonds is 9. The lowest BCUT2D eigenvalue weighted by atomic mass is 10.2. The molecule has 3 aromatic rings. The van der Waals surface area contributed by atoms with E-state index < -0.39 is 15.9 Å². The highest BCUT2D eigenvalue weighted by molar-refractivity contribution is 7.92. The summed E-state index contributed by atoms with van der Waals surface area (Å²) in [5, 5.41) is 4.96. The van der Waals surface area contributed by atoms with E-state index in [4.69, 9.17) is 11.6 Å². The summed E-state index contributed by atoms with van der Waals surface area (Å²) < 4.78 is 28.0. The van der Waals surface area contributed by atoms with Crippen molar-refractivity contribution in [3.63, 3.8) is 0 Å². The van der Waals surface area contributed by atoms with E-state index in [1.54, 1.807) is 31.2 Å². The molecule has 0 aliphatic heterocycles. The zero-order valence-corrected chi connectivity index (χ0v) is 19.6. The lowest BCUT2D eigenvalue weighted by Crippen LogP contribution is -2.40. The highest BCUT2D eigenvalue weighted by Gasteiger charge is 2.21. The molecule has 32 heavy (non-hydrogen) atoms. The molecule has 0 unspecified atom stereocenters. The summed E-state index contributed by atoms with van der Waals surface area (Å²) in [6.45, 7) is 2.31. The Morgan fingerprint density at radius 1 is 1.06 bits per heavy atom. The van der Waals surface area contributed by atoms with Crippen molar-refractivity contribution in [1.82, 2.24) is 10.2 Å². The van der Waals surface area contributed by atoms with Crippen LogP contribution in [0, 0.1) is 0 Å². The van der Waals surface area contributed by atoms with E-state index in [1.807, 2.05) is 17.5 Å². The maximum atomic E-state index is 12.9. The molecular weight excluding hydrogens is 470 g/mol. The van der Waals surface area contributed by atoms with Crippen LogP contribution < -0.4 is 10.0 Å². The zero-order chi connectivity index (χ0) is 23.1. The minimum absolute atomic E-state index is 0.0820. The van der Waals surface area contributed by atoms with Gasteiger partial charge in [-0.2, -0.15) is 0 Å². The molecule has 0 radical (unpaired) electrons. The van der Waals surface area contributed by atoms with Gasteiger partial charge in [-0.15, -0.1) is 11.3 Å². The first-order chi connectivity index (χ1) is 15.3. The van der Waals surface area contributed by atoms with E-state index in [0.717, 1.165) is 4.88 Å². The van der Waals surface area contributed by atoms with Crippen LogP contribution in [0.2, 0.25) is 5.02 Å². The minimum Gasteiger partial charge on any atom is -0.350 e. The molecule has 1 aromatic heterocycles. The molecular formula is C22H22ClN3O4S2. The number of para-hydroxylation sites is 1. The topological polar surface area (TPSA) is 95.6 Å². The molecule has 0 aliphatic rings. The number of nitrogens with zero attached hydrogens (tertiary/aromatic N) is 1. The molecule has 2 aromatic carbocycles. The van der Waals surface area contributed by atoms with E-state index in [1.165, 1.54) is 40.5 Å². The molecule has 168 valence electrons. The van der Waals surface area contributed by atoms with Crippen LogP contribution in [0.25, 0.3) is 0 Å². The van der Waals surface area contributed by atoms with Crippen molar-refractivity contribution in [2.75, 3.05) is 17.8 Å². The largest absolute Gasteiger partial charge is 0.350 e. The summed E-state index contributed by atoms with van der Waals surface area (Å²) >= 11 is 7.57. The minimum atomic E-state index is -3.96. The Labute approximate surface area is 196 Å². The maximum Gasteiger partial charge on any atom is 0.261 e. The molecule has 2 amide bonds. The molecule has 0 saturated carbocycles. The Hall–Kier alpha value is -2.88. The quantitative estimate of drug-likeness (QED) is 0.473. The van der Waals surface area contributed by atoms with Crippen molar-refractivity contribution in [3.05, 3.63) is 81.5 Å². The van der Waals surface area contributed by atoms with Gasteiger partial charge >= 0.3 is 0 Å². The number of benzene rings is 2. The van der Waals surface area contributed by atoms with Crippen molar-refractivity contribution in [3.8, 4) is 0 Å². The monoisotopic (exact) mass is 491 g/mol. The summed E-state index contributed by atoms with van der Waals surface area (Å²) in [7, 11) is -3.96. The standard InChI is InChI=1S/C22H22ClN3O4S2/c1-2-26(15-21(27)24-14-17-8-6-12-31-17)22(28)16-7-5-9-18(13-16)32(29,30)25-20-11-4-3-10-19(20)23/h3-13,25H,2,14-15H2,1H3,(H,24,27). The molecule has 0 aliphatic carbocycles. The fraction of sp³-hybridized carbons (Fsp3) is 0.182. The molecule has 0 bridgehead atoms. The fourth-order valence-electron chi connectivity index (χ4n) is 2.88. The van der Waals surface area contributed by atoms with Crippen LogP contribution in [-0.4, -0.2) is 38.2 Å². The van der Waals surface area contributed by atoms with E-state index in [0.29, 0.717) is 13.1 Å². The number of thiophene rings is 1. The highest BCUT2D eigenvalue weighted by Crippen LogP contribution is 2.24. The van der Waals surface area contributed by atoms with Gasteiger partial charge in [0, 0.05) is 17.0 Å². The molecule has 10 heteroatoms. The van der Waals surface area contributed by atoms with Gasteiger partial charge in [-0.25, -0.2) is 8.42 Å². The van der Waals surface area contributed by atoms with Gasteiger partial charge in [-0.3, -0.25) is 14.3 Å². The second-order valence-corrected chi connectivity index (χ2v) is 9.91. The van der Waals surface area contributed by atoms with Crippen LogP contribution >= 0.6 is 22.9 Å². The van der Waals surface area contributed by atoms with E-state index in [9.17, 15) is 18.0 Å². The second-order valence-electron chi connectivity index (χ2n) is 6.79. The molecule has 0 spiro atoms. The summed E-state index contributed by atoms with van der Waals surface area (Å²) in [6.07, 6.45) is 0. The summed E-state index contributed by atoms with van der Waals surface area (Å²) in [5.74, 6) is -0.730. The molecule has 0 fully saturated rings. The molecule has 1 heterocycles. The SMILES string of the molecule is CCN(CC(=O)NCc1cccs1)C(=O)c1cccc(S(=O)(=O)Nc2ccccc2Cl)c1. The Morgan fingerprint density at radius 2 is 1.84 bits per heavy atom. The maximum absolute atomic E-state index is 12.9. The summed E-state index contributed by atoms with van der Waals surface area (Å²) in [6, 6.07) is 16.0. The number of amides is 2. The van der Waals surface area contributed by atoms with Gasteiger partial charge in [0.2, 0.25) is 5.91 Å². The van der Waals surface area contributed by atoms with Gasteiger partial charge < -0.3 is 10.2 Å². The van der Waals surface area contributed by atoms with Crippen LogP contribution in [0.3, 0.4) is 0 Å². The van der Waals surface area contributed by atoms with E-state index in [2.05, 4.69) is 10.0 Å². The number of halogens is 1. The van der Waals surface area contributed by atoms with Gasteiger partial charge in [0.25, 0.3) is 15.9 Å². The first kappa shape index (κ1) is 23.8. The smallest absolute Gasteiger partial charge is 0.261 e. The molecule has 7 nitrogen and oxygen atoms in total. The zero-order valence-electron chi connectivity index (χ0n) is 17.2. The molecule has 3 rings (SSSR count). The first-order valence-electron chi connectivity index (χ1n) is 9.76. The number of hydrogen-bond donors (Lipinski definition) is 2. The molecule has 0 atom stereocenters. The average molecular weight is 492 g/mol. The van der Waals surface area contributed by atoms with Crippen molar-refractivity contribution in [2.45, 2.75) is 18.4 Å². The van der Waals surface area contributed by atoms with Crippen LogP contribution in [0.15, 0.2) is 70.9 Å². The van der Waals surface area contributed by atoms with Crippen LogP contribution in [0.4, 0.5) is 5.69 Å². The van der Waals surface area contributed by atoms with Crippen LogP contribution in [0.5, 0.6) is 0 Å². The second kappa shape index (κ2) is 10.6. The predicted molar refractivity (Wildman–Crippen MR) is 126 cm³/mol. The number of sulfonamides is 1. The Kier molecular flexibility index (Phi) is 7.89. The number of carbonyl (C=O) groups is 2. The van der Waals surface area contributed by atoms with Crippen molar-refractivity contribution < 1.29 is 18.0 Å². The van der Waals surface area contributed by atoms with E-state index in [-0.39, 0.29) is 33.6 Å². The summed E-state index contributed by atoms with van der Waals surface area (Å²) in [5.41, 5.74) is 0.406. The third-order valence-corrected chi connectivity index (χ3v) is 7.12. The fourth-order valence-corrected chi connectivity index (χ4v) is 4.89. The predicted octanol–water partition coefficient (Wildman–Crippen LogP) is 3.98. The van der Waals surface area contributed by atoms with Gasteiger partial charge in [0.15, 0.2) is 0 Å². The van der Waals surface area contributed by atoms with E-state index >= 15 is 0 Å². The van der Waals surface area contributed by atoms with Gasteiger partial charge in [0.1, 0.15) is 0 Å². The molecule has 2 N–H and O–H groups in total. The van der Waals surface area contributed by atoms with Crippen LogP contribution in [0.1, 0.15) is 22.2 Å². The highest BCUT2D eigenvalue weighted by atomic mass is 35.5. The van der Waals surface area contributed by atoms with Crippen molar-refractivity contribution >= 4 is 50.5 Å². The first-order valence-corrected chi connectivity index (χ1v) is 12.5. The van der Waals surface area contributed by atoms with Crippen molar-refractivity contribution in [2.24, 2.45) is 0 Å². The Balaban J connectivity index is 1.71. The van der Waals surface area contributed by atoms with Gasteiger partial charge in [0.05, 0.1) is 28.7 Å². The lowest BCUT2D eigenvalue weighted by molar-refractivity contribution is -0.121. The number of hydrogen-bond acceptors (Lipinski definition) is 5. The van der Waals surface area contributed by atoms with Crippen LogP contribution in [-0.2, 0) is 21.4 Å². The molecule has 0 saturated heterocycles. The lowest BCUT2D eigenvalue weighted by Gasteiger charge is -2.20. The Morgan fingerprint density at radius 3 is 2.53 bits per heavy atom. The average Bonchev–Trinajstić information content (AvgIpc) is 3.31.